The van der Waals surface area contributed by atoms with Gasteiger partial charge in [0.1, 0.15) is 11.4 Å². The molecule has 0 bridgehead atoms. The molecule has 0 radical (unpaired) electrons. The lowest BCUT2D eigenvalue weighted by molar-refractivity contribution is -0.129. The molecule has 0 atom stereocenters. The molecular weight excluding hydrogens is 382 g/mol. The van der Waals surface area contributed by atoms with Gasteiger partial charge >= 0.3 is 0 Å². The van der Waals surface area contributed by atoms with Gasteiger partial charge in [0.05, 0.1) is 0 Å². The number of carbonyl (C=O) groups excluding carboxylic acids is 2. The number of carbonyl (C=O) groups is 2. The number of hydrogen-bond acceptors (Lipinski definition) is 4. The molecule has 5 N–H and O–H groups in total. The standard InChI is InChI=1S/C23H25N3O4/c27-18-12-10-17(11-13-18)20-15-19(16-7-3-1-4-8-16)22(25-20)23(29)24-14-6-2-5-9-21(28)26-30/h1,3-4,7-8,10-13,15,25,27,30H,2,5-6,9,14H2,(H,24,29)(H,26,28). The lowest BCUT2D eigenvalue weighted by Crippen LogP contribution is -2.25. The molecule has 0 fully saturated rings. The number of aromatic amines is 1. The molecule has 3 rings (SSSR count). The number of phenolic OH excluding ortho intramolecular Hbond substituents is 1. The van der Waals surface area contributed by atoms with Crippen LogP contribution in [0.25, 0.3) is 22.4 Å². The summed E-state index contributed by atoms with van der Waals surface area (Å²) in [5.41, 5.74) is 5.47. The summed E-state index contributed by atoms with van der Waals surface area (Å²) in [7, 11) is 0. The Bertz CT molecular complexity index is 981. The first-order valence-corrected chi connectivity index (χ1v) is 9.87. The molecular formula is C23H25N3O4. The van der Waals surface area contributed by atoms with Crippen molar-refractivity contribution in [3.05, 3.63) is 66.4 Å². The summed E-state index contributed by atoms with van der Waals surface area (Å²) in [4.78, 5) is 27.1. The van der Waals surface area contributed by atoms with Crippen LogP contribution in [0.1, 0.15) is 36.2 Å². The minimum absolute atomic E-state index is 0.183. The van der Waals surface area contributed by atoms with Gasteiger partial charge in [-0.25, -0.2) is 5.48 Å². The summed E-state index contributed by atoms with van der Waals surface area (Å²) >= 11 is 0. The number of nitrogens with one attached hydrogen (secondary N) is 3. The van der Waals surface area contributed by atoms with Crippen LogP contribution in [0.3, 0.4) is 0 Å². The van der Waals surface area contributed by atoms with E-state index in [0.29, 0.717) is 18.7 Å². The van der Waals surface area contributed by atoms with Gasteiger partial charge < -0.3 is 15.4 Å². The molecule has 0 aliphatic heterocycles. The molecule has 0 saturated carbocycles. The van der Waals surface area contributed by atoms with E-state index >= 15 is 0 Å². The highest BCUT2D eigenvalue weighted by molar-refractivity contribution is 6.00. The van der Waals surface area contributed by atoms with E-state index < -0.39 is 5.91 Å². The summed E-state index contributed by atoms with van der Waals surface area (Å²) in [6.45, 7) is 0.487. The third kappa shape index (κ3) is 5.48. The van der Waals surface area contributed by atoms with Crippen LogP contribution < -0.4 is 10.8 Å². The Morgan fingerprint density at radius 2 is 1.63 bits per heavy atom. The molecule has 0 aliphatic rings. The van der Waals surface area contributed by atoms with Gasteiger partial charge in [-0.3, -0.25) is 14.8 Å². The number of amides is 2. The Morgan fingerprint density at radius 3 is 2.33 bits per heavy atom. The van der Waals surface area contributed by atoms with Gasteiger partial charge in [0.25, 0.3) is 5.91 Å². The monoisotopic (exact) mass is 407 g/mol. The second kappa shape index (κ2) is 10.3. The number of rotatable bonds is 9. The Labute approximate surface area is 174 Å². The molecule has 1 heterocycles. The maximum atomic E-state index is 12.8. The normalized spacial score (nSPS) is 10.6. The number of unbranched alkanes of at least 4 members (excludes halogenated alkanes) is 2. The van der Waals surface area contributed by atoms with Crippen molar-refractivity contribution in [2.24, 2.45) is 0 Å². The largest absolute Gasteiger partial charge is 0.508 e. The molecule has 7 nitrogen and oxygen atoms in total. The van der Waals surface area contributed by atoms with Gasteiger partial charge in [0, 0.05) is 24.2 Å². The maximum Gasteiger partial charge on any atom is 0.268 e. The fourth-order valence-corrected chi connectivity index (χ4v) is 3.21. The zero-order valence-corrected chi connectivity index (χ0v) is 16.5. The molecule has 1 aromatic heterocycles. The molecule has 0 spiro atoms. The van der Waals surface area contributed by atoms with E-state index in [4.69, 9.17) is 5.21 Å². The van der Waals surface area contributed by atoms with Crippen molar-refractivity contribution >= 4 is 11.8 Å². The molecule has 0 saturated heterocycles. The van der Waals surface area contributed by atoms with E-state index in [1.807, 2.05) is 36.4 Å². The zero-order valence-electron chi connectivity index (χ0n) is 16.5. The lowest BCUT2D eigenvalue weighted by atomic mass is 10.0. The minimum Gasteiger partial charge on any atom is -0.508 e. The van der Waals surface area contributed by atoms with Crippen molar-refractivity contribution in [2.75, 3.05) is 6.54 Å². The predicted octanol–water partition coefficient (Wildman–Crippen LogP) is 3.85. The Balaban J connectivity index is 1.71. The van der Waals surface area contributed by atoms with E-state index in [9.17, 15) is 14.7 Å². The van der Waals surface area contributed by atoms with Crippen molar-refractivity contribution in [1.29, 1.82) is 0 Å². The van der Waals surface area contributed by atoms with Crippen LogP contribution in [-0.4, -0.2) is 33.7 Å². The molecule has 156 valence electrons. The number of hydroxylamine groups is 1. The van der Waals surface area contributed by atoms with E-state index in [1.165, 1.54) is 0 Å². The van der Waals surface area contributed by atoms with Gasteiger partial charge in [0.2, 0.25) is 5.91 Å². The van der Waals surface area contributed by atoms with Crippen LogP contribution in [0.2, 0.25) is 0 Å². The van der Waals surface area contributed by atoms with Crippen molar-refractivity contribution in [3.63, 3.8) is 0 Å². The number of benzene rings is 2. The highest BCUT2D eigenvalue weighted by Gasteiger charge is 2.17. The van der Waals surface area contributed by atoms with Crippen LogP contribution in [-0.2, 0) is 4.79 Å². The summed E-state index contributed by atoms with van der Waals surface area (Å²) in [6.07, 6.45) is 2.40. The molecule has 30 heavy (non-hydrogen) atoms. The van der Waals surface area contributed by atoms with Crippen LogP contribution in [0.5, 0.6) is 5.75 Å². The average molecular weight is 407 g/mol. The van der Waals surface area contributed by atoms with E-state index in [0.717, 1.165) is 35.2 Å². The molecule has 0 aliphatic carbocycles. The quantitative estimate of drug-likeness (QED) is 0.211. The highest BCUT2D eigenvalue weighted by atomic mass is 16.5. The summed E-state index contributed by atoms with van der Waals surface area (Å²) < 4.78 is 0. The fraction of sp³-hybridized carbons (Fsp3) is 0.217. The second-order valence-electron chi connectivity index (χ2n) is 6.99. The third-order valence-corrected chi connectivity index (χ3v) is 4.80. The zero-order chi connectivity index (χ0) is 21.3. The van der Waals surface area contributed by atoms with Gasteiger partial charge in [-0.15, -0.1) is 0 Å². The van der Waals surface area contributed by atoms with Gasteiger partial charge in [0.15, 0.2) is 0 Å². The fourth-order valence-electron chi connectivity index (χ4n) is 3.21. The van der Waals surface area contributed by atoms with Crippen molar-refractivity contribution < 1.29 is 19.9 Å². The number of phenols is 1. The SMILES string of the molecule is O=C(CCCCCNC(=O)c1[nH]c(-c2ccc(O)cc2)cc1-c1ccccc1)NO. The van der Waals surface area contributed by atoms with E-state index in [2.05, 4.69) is 10.3 Å². The topological polar surface area (TPSA) is 114 Å². The second-order valence-corrected chi connectivity index (χ2v) is 6.99. The van der Waals surface area contributed by atoms with Crippen LogP contribution in [0.4, 0.5) is 0 Å². The smallest absolute Gasteiger partial charge is 0.268 e. The Kier molecular flexibility index (Phi) is 7.24. The summed E-state index contributed by atoms with van der Waals surface area (Å²) in [5, 5.41) is 20.9. The minimum atomic E-state index is -0.403. The van der Waals surface area contributed by atoms with Crippen LogP contribution in [0, 0.1) is 0 Å². The van der Waals surface area contributed by atoms with Crippen molar-refractivity contribution in [3.8, 4) is 28.1 Å². The molecule has 3 aromatic rings. The van der Waals surface area contributed by atoms with Crippen LogP contribution in [0.15, 0.2) is 60.7 Å². The molecule has 0 unspecified atom stereocenters. The molecule has 2 amide bonds. The van der Waals surface area contributed by atoms with E-state index in [-0.39, 0.29) is 18.1 Å². The first-order valence-electron chi connectivity index (χ1n) is 9.87. The van der Waals surface area contributed by atoms with Crippen LogP contribution >= 0.6 is 0 Å². The van der Waals surface area contributed by atoms with Crippen molar-refractivity contribution in [1.82, 2.24) is 15.8 Å². The molecule has 2 aromatic carbocycles. The van der Waals surface area contributed by atoms with E-state index in [1.54, 1.807) is 29.7 Å². The maximum absolute atomic E-state index is 12.8. The summed E-state index contributed by atoms with van der Waals surface area (Å²) in [6, 6.07) is 18.4. The number of aromatic nitrogens is 1. The third-order valence-electron chi connectivity index (χ3n) is 4.80. The number of H-pyrrole nitrogens is 1. The Morgan fingerprint density at radius 1 is 0.900 bits per heavy atom. The first-order chi connectivity index (χ1) is 14.6. The lowest BCUT2D eigenvalue weighted by Gasteiger charge is -2.07. The first kappa shape index (κ1) is 21.1. The average Bonchev–Trinajstić information content (AvgIpc) is 3.22. The van der Waals surface area contributed by atoms with Gasteiger partial charge in [-0.05, 0) is 54.3 Å². The highest BCUT2D eigenvalue weighted by Crippen LogP contribution is 2.30. The predicted molar refractivity (Wildman–Crippen MR) is 114 cm³/mol. The number of aromatic hydroxyl groups is 1. The van der Waals surface area contributed by atoms with Crippen molar-refractivity contribution in [2.45, 2.75) is 25.7 Å². The Hall–Kier alpha value is -3.58. The number of hydrogen-bond donors (Lipinski definition) is 5. The van der Waals surface area contributed by atoms with Gasteiger partial charge in [-0.1, -0.05) is 36.8 Å². The van der Waals surface area contributed by atoms with Gasteiger partial charge in [-0.2, -0.15) is 0 Å². The molecule has 7 heteroatoms. The summed E-state index contributed by atoms with van der Waals surface area (Å²) in [5.74, 6) is -0.422.